The van der Waals surface area contributed by atoms with Gasteiger partial charge in [0.2, 0.25) is 0 Å². The number of benzene rings is 2. The fourth-order valence-electron chi connectivity index (χ4n) is 4.03. The molecular weight excluding hydrogens is 388 g/mol. The van der Waals surface area contributed by atoms with E-state index in [2.05, 4.69) is 51.1 Å². The highest BCUT2D eigenvalue weighted by Gasteiger charge is 2.31. The van der Waals surface area contributed by atoms with Crippen molar-refractivity contribution in [2.75, 3.05) is 13.2 Å². The third-order valence-corrected chi connectivity index (χ3v) is 6.07. The van der Waals surface area contributed by atoms with Gasteiger partial charge in [0.15, 0.2) is 0 Å². The summed E-state index contributed by atoms with van der Waals surface area (Å²) in [6.45, 7) is 11.9. The Hall–Kier alpha value is -2.14. The van der Waals surface area contributed by atoms with E-state index in [9.17, 15) is 10.2 Å². The van der Waals surface area contributed by atoms with Crippen LogP contribution in [-0.2, 0) is 5.41 Å². The lowest BCUT2D eigenvalue weighted by Crippen LogP contribution is -2.26. The second-order valence-corrected chi connectivity index (χ2v) is 8.98. The van der Waals surface area contributed by atoms with Crippen LogP contribution in [0.1, 0.15) is 68.4 Å². The first-order valence-corrected chi connectivity index (χ1v) is 11.1. The van der Waals surface area contributed by atoms with Crippen molar-refractivity contribution < 1.29 is 20.1 Å². The Kier molecular flexibility index (Phi) is 8.47. The predicted octanol–water partition coefficient (Wildman–Crippen LogP) is 4.93. The Morgan fingerprint density at radius 1 is 0.968 bits per heavy atom. The number of ether oxygens (including phenoxy) is 1. The molecule has 3 N–H and O–H groups in total. The van der Waals surface area contributed by atoms with Crippen molar-refractivity contribution in [2.24, 2.45) is 0 Å². The summed E-state index contributed by atoms with van der Waals surface area (Å²) in [5.41, 5.74) is 4.86. The molecule has 0 radical (unpaired) electrons. The van der Waals surface area contributed by atoms with Crippen molar-refractivity contribution in [3.8, 4) is 5.75 Å². The number of hydrogen-bond donors (Lipinski definition) is 3. The molecule has 0 saturated carbocycles. The summed E-state index contributed by atoms with van der Waals surface area (Å²) in [6, 6.07) is 12.8. The minimum atomic E-state index is -0.878. The van der Waals surface area contributed by atoms with Gasteiger partial charge in [-0.1, -0.05) is 56.3 Å². The highest BCUT2D eigenvalue weighted by atomic mass is 16.5. The summed E-state index contributed by atoms with van der Waals surface area (Å²) in [7, 11) is 0. The molecule has 0 bridgehead atoms. The summed E-state index contributed by atoms with van der Waals surface area (Å²) in [5.74, 6) is 0.723. The summed E-state index contributed by atoms with van der Waals surface area (Å²) in [5, 5.41) is 28.5. The fraction of sp³-hybridized carbons (Fsp3) is 0.481. The molecule has 170 valence electrons. The quantitative estimate of drug-likeness (QED) is 0.504. The number of hydrogen-bond acceptors (Lipinski definition) is 4. The van der Waals surface area contributed by atoms with E-state index in [-0.39, 0.29) is 18.6 Å². The van der Waals surface area contributed by atoms with Gasteiger partial charge in [0.25, 0.3) is 0 Å². The monoisotopic (exact) mass is 426 g/mol. The second-order valence-electron chi connectivity index (χ2n) is 8.98. The van der Waals surface area contributed by atoms with E-state index in [1.165, 1.54) is 16.7 Å². The Bertz CT molecular complexity index is 889. The van der Waals surface area contributed by atoms with Gasteiger partial charge in [-0.05, 0) is 74.4 Å². The molecule has 31 heavy (non-hydrogen) atoms. The molecule has 0 spiro atoms. The minimum Gasteiger partial charge on any atom is -0.491 e. The third kappa shape index (κ3) is 6.19. The van der Waals surface area contributed by atoms with Crippen LogP contribution in [-0.4, -0.2) is 40.2 Å². The van der Waals surface area contributed by atoms with E-state index in [0.29, 0.717) is 0 Å². The molecule has 2 aromatic carbocycles. The van der Waals surface area contributed by atoms with Crippen molar-refractivity contribution in [3.05, 3.63) is 70.3 Å². The Morgan fingerprint density at radius 3 is 2.03 bits per heavy atom. The first-order chi connectivity index (χ1) is 14.6. The fourth-order valence-corrected chi connectivity index (χ4v) is 4.03. The molecule has 0 heterocycles. The Balaban J connectivity index is 2.41. The van der Waals surface area contributed by atoms with Crippen LogP contribution in [0.5, 0.6) is 5.75 Å². The largest absolute Gasteiger partial charge is 0.491 e. The first kappa shape index (κ1) is 25.1. The normalized spacial score (nSPS) is 13.6. The van der Waals surface area contributed by atoms with Crippen LogP contribution < -0.4 is 4.74 Å². The summed E-state index contributed by atoms with van der Waals surface area (Å²) < 4.78 is 5.68. The van der Waals surface area contributed by atoms with E-state index < -0.39 is 11.7 Å². The summed E-state index contributed by atoms with van der Waals surface area (Å²) >= 11 is 0. The molecule has 0 aromatic heterocycles. The van der Waals surface area contributed by atoms with E-state index in [1.807, 2.05) is 25.1 Å². The lowest BCUT2D eigenvalue weighted by Gasteiger charge is -2.34. The zero-order chi connectivity index (χ0) is 23.2. The Morgan fingerprint density at radius 2 is 1.55 bits per heavy atom. The van der Waals surface area contributed by atoms with Gasteiger partial charge >= 0.3 is 0 Å². The van der Waals surface area contributed by atoms with Crippen LogP contribution in [0.25, 0.3) is 6.08 Å². The van der Waals surface area contributed by atoms with Gasteiger partial charge in [-0.3, -0.25) is 0 Å². The third-order valence-electron chi connectivity index (χ3n) is 6.07. The van der Waals surface area contributed by atoms with E-state index in [4.69, 9.17) is 9.84 Å². The number of aryl methyl sites for hydroxylation is 2. The van der Waals surface area contributed by atoms with Crippen molar-refractivity contribution in [2.45, 2.75) is 71.5 Å². The Labute approximate surface area is 187 Å². The zero-order valence-electron chi connectivity index (χ0n) is 19.8. The number of aliphatic hydroxyl groups is 3. The number of aliphatic hydroxyl groups excluding tert-OH is 2. The maximum absolute atomic E-state index is 9.99. The minimum absolute atomic E-state index is 0.0716. The zero-order valence-corrected chi connectivity index (χ0v) is 19.8. The van der Waals surface area contributed by atoms with Crippen LogP contribution in [0.2, 0.25) is 0 Å². The van der Waals surface area contributed by atoms with Crippen molar-refractivity contribution >= 4 is 6.08 Å². The van der Waals surface area contributed by atoms with Crippen molar-refractivity contribution in [1.29, 1.82) is 0 Å². The standard InChI is InChI=1S/C27H38O4/c1-7-27(8-2,22-10-9-21(19(3)15-22)13-14-26(5,6)30)23-11-12-25(20(4)16-23)31-18-24(29)17-28/h9-16,24,28-30H,7-8,17-18H2,1-6H3/b14-13+/t24-/m0/s1. The maximum Gasteiger partial charge on any atom is 0.122 e. The molecule has 0 fully saturated rings. The van der Waals surface area contributed by atoms with Gasteiger partial charge in [0.1, 0.15) is 18.5 Å². The molecule has 4 heteroatoms. The van der Waals surface area contributed by atoms with Crippen LogP contribution in [0.15, 0.2) is 42.5 Å². The molecule has 0 saturated heterocycles. The van der Waals surface area contributed by atoms with Gasteiger partial charge in [0.05, 0.1) is 12.2 Å². The maximum atomic E-state index is 9.99. The lowest BCUT2D eigenvalue weighted by molar-refractivity contribution is 0.0534. The summed E-state index contributed by atoms with van der Waals surface area (Å²) in [4.78, 5) is 0. The van der Waals surface area contributed by atoms with Crippen LogP contribution >= 0.6 is 0 Å². The molecule has 0 amide bonds. The molecule has 0 aliphatic heterocycles. The molecule has 0 aliphatic rings. The van der Waals surface area contributed by atoms with Crippen LogP contribution in [0, 0.1) is 13.8 Å². The van der Waals surface area contributed by atoms with E-state index >= 15 is 0 Å². The SMILES string of the molecule is CCC(CC)(c1ccc(/C=C/C(C)(C)O)c(C)c1)c1ccc(OC[C@@H](O)CO)c(C)c1. The predicted molar refractivity (Wildman–Crippen MR) is 128 cm³/mol. The second kappa shape index (κ2) is 10.4. The highest BCUT2D eigenvalue weighted by Crippen LogP contribution is 2.41. The van der Waals surface area contributed by atoms with Crippen LogP contribution in [0.4, 0.5) is 0 Å². The molecular formula is C27H38O4. The highest BCUT2D eigenvalue weighted by molar-refractivity contribution is 5.57. The van der Waals surface area contributed by atoms with Gasteiger partial charge in [-0.25, -0.2) is 0 Å². The lowest BCUT2D eigenvalue weighted by atomic mass is 9.70. The first-order valence-electron chi connectivity index (χ1n) is 11.1. The van der Waals surface area contributed by atoms with Crippen LogP contribution in [0.3, 0.4) is 0 Å². The van der Waals surface area contributed by atoms with Gasteiger partial charge in [-0.15, -0.1) is 0 Å². The number of rotatable bonds is 10. The molecule has 4 nitrogen and oxygen atoms in total. The van der Waals surface area contributed by atoms with Gasteiger partial charge < -0.3 is 20.1 Å². The van der Waals surface area contributed by atoms with Crippen molar-refractivity contribution in [3.63, 3.8) is 0 Å². The molecule has 0 aliphatic carbocycles. The van der Waals surface area contributed by atoms with E-state index in [0.717, 1.165) is 29.7 Å². The average Bonchev–Trinajstić information content (AvgIpc) is 2.72. The molecule has 2 aromatic rings. The molecule has 2 rings (SSSR count). The van der Waals surface area contributed by atoms with Crippen molar-refractivity contribution in [1.82, 2.24) is 0 Å². The smallest absolute Gasteiger partial charge is 0.122 e. The van der Waals surface area contributed by atoms with Gasteiger partial charge in [0, 0.05) is 5.41 Å². The molecule has 0 unspecified atom stereocenters. The van der Waals surface area contributed by atoms with Gasteiger partial charge in [-0.2, -0.15) is 0 Å². The summed E-state index contributed by atoms with van der Waals surface area (Å²) in [6.07, 6.45) is 4.85. The average molecular weight is 427 g/mol. The molecule has 1 atom stereocenters. The van der Waals surface area contributed by atoms with E-state index in [1.54, 1.807) is 13.8 Å². The topological polar surface area (TPSA) is 69.9 Å².